The summed E-state index contributed by atoms with van der Waals surface area (Å²) < 4.78 is 11.9. The Balaban J connectivity index is 1.35. The molecular formula is C24H26N6O3. The van der Waals surface area contributed by atoms with Crippen molar-refractivity contribution in [2.45, 2.75) is 44.4 Å². The molecule has 2 aromatic rings. The molecule has 2 bridgehead atoms. The summed E-state index contributed by atoms with van der Waals surface area (Å²) in [7, 11) is 0. The van der Waals surface area contributed by atoms with Crippen LogP contribution in [0.2, 0.25) is 0 Å². The first-order valence-corrected chi connectivity index (χ1v) is 11.6. The largest absolute Gasteiger partial charge is 0.492 e. The molecule has 1 N–H and O–H groups in total. The van der Waals surface area contributed by atoms with Crippen LogP contribution in [-0.2, 0) is 0 Å². The molecule has 33 heavy (non-hydrogen) atoms. The summed E-state index contributed by atoms with van der Waals surface area (Å²) in [6.07, 6.45) is 1.08. The van der Waals surface area contributed by atoms with Crippen molar-refractivity contribution >= 4 is 17.3 Å². The lowest BCUT2D eigenvalue weighted by Gasteiger charge is -2.38. The first-order chi connectivity index (χ1) is 16.2. The molecule has 9 nitrogen and oxygen atoms in total. The van der Waals surface area contributed by atoms with Gasteiger partial charge in [0.1, 0.15) is 35.3 Å². The van der Waals surface area contributed by atoms with Gasteiger partial charge in [0.05, 0.1) is 24.9 Å². The van der Waals surface area contributed by atoms with E-state index < -0.39 is 0 Å². The number of azo groups is 1. The number of carbonyl (C=O) groups excluding carboxylic acids is 1. The van der Waals surface area contributed by atoms with E-state index in [4.69, 9.17) is 9.47 Å². The average molecular weight is 447 g/mol. The van der Waals surface area contributed by atoms with Gasteiger partial charge in [0, 0.05) is 29.5 Å². The van der Waals surface area contributed by atoms with Gasteiger partial charge in [-0.2, -0.15) is 15.3 Å². The SMILES string of the molecule is CCOc1cc(N2N=N[C@H]3[C@H]4C[C@H]([C@@H]5N=N[C@H]45)[C@H]32)c(OCC)cc1NC(=O)c1ccccc1. The van der Waals surface area contributed by atoms with Gasteiger partial charge in [-0.05, 0) is 32.4 Å². The van der Waals surface area contributed by atoms with Crippen molar-refractivity contribution in [2.75, 3.05) is 23.5 Å². The van der Waals surface area contributed by atoms with E-state index in [0.717, 1.165) is 12.1 Å². The monoisotopic (exact) mass is 446 g/mol. The first-order valence-electron chi connectivity index (χ1n) is 11.6. The summed E-state index contributed by atoms with van der Waals surface area (Å²) in [5.41, 5.74) is 1.94. The van der Waals surface area contributed by atoms with Crippen LogP contribution in [-0.4, -0.2) is 43.3 Å². The highest BCUT2D eigenvalue weighted by atomic mass is 16.5. The van der Waals surface area contributed by atoms with Gasteiger partial charge in [-0.1, -0.05) is 23.4 Å². The molecule has 2 aliphatic heterocycles. The maximum absolute atomic E-state index is 12.8. The molecule has 6 rings (SSSR count). The summed E-state index contributed by atoms with van der Waals surface area (Å²) in [4.78, 5) is 12.8. The van der Waals surface area contributed by atoms with Gasteiger partial charge in [0.25, 0.3) is 5.91 Å². The molecule has 2 saturated carbocycles. The minimum Gasteiger partial charge on any atom is -0.492 e. The zero-order valence-electron chi connectivity index (χ0n) is 18.6. The number of anilines is 2. The predicted octanol–water partition coefficient (Wildman–Crippen LogP) is 4.51. The first kappa shape index (κ1) is 20.1. The molecule has 2 aromatic carbocycles. The number of nitrogens with one attached hydrogen (secondary N) is 1. The zero-order chi connectivity index (χ0) is 22.5. The van der Waals surface area contributed by atoms with Crippen LogP contribution in [0.5, 0.6) is 11.5 Å². The molecule has 2 heterocycles. The molecule has 1 amide bonds. The zero-order valence-corrected chi connectivity index (χ0v) is 18.6. The van der Waals surface area contributed by atoms with Gasteiger partial charge >= 0.3 is 0 Å². The number of amides is 1. The maximum atomic E-state index is 12.8. The Morgan fingerprint density at radius 1 is 0.970 bits per heavy atom. The second kappa shape index (κ2) is 7.83. The molecular weight excluding hydrogens is 420 g/mol. The molecule has 0 radical (unpaired) electrons. The fraction of sp³-hybridized carbons (Fsp3) is 0.458. The Hall–Kier alpha value is -3.49. The Kier molecular flexibility index (Phi) is 4.78. The van der Waals surface area contributed by atoms with Gasteiger partial charge in [-0.25, -0.2) is 5.01 Å². The summed E-state index contributed by atoms with van der Waals surface area (Å²) in [5, 5.41) is 22.9. The van der Waals surface area contributed by atoms with Crippen molar-refractivity contribution in [3.05, 3.63) is 48.0 Å². The number of rotatable bonds is 7. The second-order valence-electron chi connectivity index (χ2n) is 8.81. The van der Waals surface area contributed by atoms with Crippen molar-refractivity contribution in [2.24, 2.45) is 32.4 Å². The molecule has 0 spiro atoms. The van der Waals surface area contributed by atoms with E-state index in [2.05, 4.69) is 25.9 Å². The van der Waals surface area contributed by atoms with E-state index in [-0.39, 0.29) is 24.0 Å². The summed E-state index contributed by atoms with van der Waals surface area (Å²) in [6, 6.07) is 13.7. The van der Waals surface area contributed by atoms with Gasteiger partial charge in [0.15, 0.2) is 0 Å². The van der Waals surface area contributed by atoms with Gasteiger partial charge in [0.2, 0.25) is 0 Å². The predicted molar refractivity (Wildman–Crippen MR) is 122 cm³/mol. The Labute approximate surface area is 191 Å². The van der Waals surface area contributed by atoms with E-state index >= 15 is 0 Å². The van der Waals surface area contributed by atoms with Crippen LogP contribution in [0.15, 0.2) is 63.0 Å². The van der Waals surface area contributed by atoms with Crippen molar-refractivity contribution in [1.29, 1.82) is 0 Å². The maximum Gasteiger partial charge on any atom is 0.255 e. The highest BCUT2D eigenvalue weighted by Crippen LogP contribution is 2.57. The highest BCUT2D eigenvalue weighted by molar-refractivity contribution is 6.05. The minimum absolute atomic E-state index is 0.137. The number of carbonyl (C=O) groups is 1. The molecule has 9 heteroatoms. The fourth-order valence-electron chi connectivity index (χ4n) is 5.70. The number of hydrogen-bond donors (Lipinski definition) is 1. The molecule has 4 aliphatic rings. The number of ether oxygens (including phenoxy) is 2. The van der Waals surface area contributed by atoms with Crippen LogP contribution in [0.3, 0.4) is 0 Å². The normalized spacial score (nSPS) is 30.1. The quantitative estimate of drug-likeness (QED) is 0.676. The number of nitrogens with zero attached hydrogens (tertiary/aromatic N) is 5. The van der Waals surface area contributed by atoms with E-state index in [1.165, 1.54) is 0 Å². The van der Waals surface area contributed by atoms with Gasteiger partial charge < -0.3 is 14.8 Å². The topological polar surface area (TPSA) is 100 Å². The lowest BCUT2D eigenvalue weighted by molar-refractivity contribution is 0.102. The smallest absolute Gasteiger partial charge is 0.255 e. The van der Waals surface area contributed by atoms with Crippen molar-refractivity contribution < 1.29 is 14.3 Å². The van der Waals surface area contributed by atoms with Crippen LogP contribution in [0.25, 0.3) is 0 Å². The Morgan fingerprint density at radius 2 is 1.70 bits per heavy atom. The number of benzene rings is 2. The fourth-order valence-corrected chi connectivity index (χ4v) is 5.70. The Morgan fingerprint density at radius 3 is 2.42 bits per heavy atom. The van der Waals surface area contributed by atoms with E-state index in [9.17, 15) is 4.79 Å². The summed E-state index contributed by atoms with van der Waals surface area (Å²) in [6.45, 7) is 4.80. The molecule has 0 saturated heterocycles. The second-order valence-corrected chi connectivity index (χ2v) is 8.81. The average Bonchev–Trinajstić information content (AvgIpc) is 3.44. The lowest BCUT2D eigenvalue weighted by Crippen LogP contribution is -2.52. The number of hydrogen-bond acceptors (Lipinski definition) is 8. The lowest BCUT2D eigenvalue weighted by atomic mass is 9.82. The van der Waals surface area contributed by atoms with Crippen molar-refractivity contribution in [1.82, 2.24) is 0 Å². The molecule has 170 valence electrons. The third kappa shape index (κ3) is 3.09. The molecule has 0 aromatic heterocycles. The highest BCUT2D eigenvalue weighted by Gasteiger charge is 2.65. The minimum atomic E-state index is -0.206. The molecule has 0 unspecified atom stereocenters. The van der Waals surface area contributed by atoms with Crippen LogP contribution < -0.4 is 19.8 Å². The van der Waals surface area contributed by atoms with Crippen LogP contribution in [0, 0.1) is 11.8 Å². The van der Waals surface area contributed by atoms with Crippen molar-refractivity contribution in [3.63, 3.8) is 0 Å². The third-order valence-corrected chi connectivity index (χ3v) is 7.09. The van der Waals surface area contributed by atoms with E-state index in [1.54, 1.807) is 12.1 Å². The van der Waals surface area contributed by atoms with Crippen molar-refractivity contribution in [3.8, 4) is 11.5 Å². The van der Waals surface area contributed by atoms with E-state index in [1.807, 2.05) is 49.2 Å². The molecule has 6 atom stereocenters. The van der Waals surface area contributed by atoms with E-state index in [0.29, 0.717) is 53.8 Å². The van der Waals surface area contributed by atoms with Crippen LogP contribution in [0.1, 0.15) is 30.6 Å². The van der Waals surface area contributed by atoms with Crippen LogP contribution >= 0.6 is 0 Å². The summed E-state index contributed by atoms with van der Waals surface area (Å²) >= 11 is 0. The summed E-state index contributed by atoms with van der Waals surface area (Å²) in [5.74, 6) is 1.81. The number of fused-ring (bicyclic) bond motifs is 8. The van der Waals surface area contributed by atoms with Crippen LogP contribution in [0.4, 0.5) is 11.4 Å². The molecule has 2 aliphatic carbocycles. The Bertz CT molecular complexity index is 1140. The van der Waals surface area contributed by atoms with Gasteiger partial charge in [-0.3, -0.25) is 4.79 Å². The molecule has 2 fully saturated rings. The third-order valence-electron chi connectivity index (χ3n) is 7.09. The standard InChI is InChI=1S/C24H26N6O3/c1-3-32-18-12-17(30-23-15-10-14(22(23)28-29-30)20-21(15)27-26-20)19(33-4-2)11-16(18)25-24(31)13-8-6-5-7-9-13/h5-9,11-12,14-15,20-23H,3-4,10H2,1-2H3,(H,25,31)/t14-,15+,20+,21-,22-,23+/m0/s1. The van der Waals surface area contributed by atoms with Gasteiger partial charge in [-0.15, -0.1) is 0 Å².